The van der Waals surface area contributed by atoms with Crippen LogP contribution in [0.5, 0.6) is 5.75 Å². The Morgan fingerprint density at radius 1 is 0.812 bits per heavy atom. The van der Waals surface area contributed by atoms with Crippen LogP contribution in [0.1, 0.15) is 30.4 Å². The van der Waals surface area contributed by atoms with Gasteiger partial charge >= 0.3 is 12.3 Å². The molecule has 0 amide bonds. The van der Waals surface area contributed by atoms with Gasteiger partial charge < -0.3 is 9.84 Å². The fourth-order valence-electron chi connectivity index (χ4n) is 3.67. The minimum atomic E-state index is -4.73. The highest BCUT2D eigenvalue weighted by atomic mass is 19.4. The first kappa shape index (κ1) is 23.4. The van der Waals surface area contributed by atoms with Crippen molar-refractivity contribution in [3.05, 3.63) is 90.0 Å². The number of halogens is 3. The molecular weight excluding hydrogens is 417 g/mol. The number of hydrogen-bond donors (Lipinski definition) is 1. The van der Waals surface area contributed by atoms with E-state index in [-0.39, 0.29) is 5.75 Å². The summed E-state index contributed by atoms with van der Waals surface area (Å²) < 4.78 is 41.3. The first-order valence-corrected chi connectivity index (χ1v) is 10.5. The van der Waals surface area contributed by atoms with Gasteiger partial charge in [0, 0.05) is 0 Å². The summed E-state index contributed by atoms with van der Waals surface area (Å²) in [5.74, 6) is -1.45. The van der Waals surface area contributed by atoms with Gasteiger partial charge in [0.25, 0.3) is 0 Å². The maximum atomic E-state index is 12.4. The quantitative estimate of drug-likeness (QED) is 0.371. The van der Waals surface area contributed by atoms with Gasteiger partial charge in [0.15, 0.2) is 0 Å². The Morgan fingerprint density at radius 2 is 1.50 bits per heavy atom. The average Bonchev–Trinajstić information content (AvgIpc) is 2.76. The van der Waals surface area contributed by atoms with Crippen molar-refractivity contribution < 1.29 is 27.8 Å². The van der Waals surface area contributed by atoms with Crippen molar-refractivity contribution in [3.8, 4) is 16.9 Å². The molecule has 1 N–H and O–H groups in total. The third-order valence-corrected chi connectivity index (χ3v) is 5.35. The standard InChI is InChI=1S/C26H25F3O3/c27-26(28,29)32-24-11-5-10-23(18-24)21-15-12-20(13-16-21)14-17-22(25(30)31)9-4-8-19-6-2-1-3-7-19/h1-3,5-7,10-13,15-16,18,22H,4,8-9,14,17H2,(H,30,31). The van der Waals surface area contributed by atoms with Crippen molar-refractivity contribution in [2.75, 3.05) is 0 Å². The second kappa shape index (κ2) is 10.8. The molecule has 1 atom stereocenters. The molecule has 6 heteroatoms. The maximum absolute atomic E-state index is 12.4. The van der Waals surface area contributed by atoms with E-state index in [0.29, 0.717) is 24.8 Å². The number of benzene rings is 3. The minimum Gasteiger partial charge on any atom is -0.481 e. The Balaban J connectivity index is 1.55. The minimum absolute atomic E-state index is 0.265. The van der Waals surface area contributed by atoms with E-state index in [4.69, 9.17) is 0 Å². The molecule has 3 nitrogen and oxygen atoms in total. The number of hydrogen-bond acceptors (Lipinski definition) is 2. The summed E-state index contributed by atoms with van der Waals surface area (Å²) in [4.78, 5) is 11.6. The molecule has 0 saturated heterocycles. The van der Waals surface area contributed by atoms with Crippen LogP contribution in [0.2, 0.25) is 0 Å². The van der Waals surface area contributed by atoms with E-state index < -0.39 is 18.2 Å². The van der Waals surface area contributed by atoms with Gasteiger partial charge in [0.1, 0.15) is 5.75 Å². The van der Waals surface area contributed by atoms with E-state index in [9.17, 15) is 23.1 Å². The lowest BCUT2D eigenvalue weighted by Crippen LogP contribution is -2.17. The van der Waals surface area contributed by atoms with E-state index in [1.807, 2.05) is 54.6 Å². The lowest BCUT2D eigenvalue weighted by Gasteiger charge is -2.13. The molecule has 32 heavy (non-hydrogen) atoms. The van der Waals surface area contributed by atoms with Gasteiger partial charge in [0.2, 0.25) is 0 Å². The second-order valence-corrected chi connectivity index (χ2v) is 7.72. The second-order valence-electron chi connectivity index (χ2n) is 7.72. The summed E-state index contributed by atoms with van der Waals surface area (Å²) in [7, 11) is 0. The van der Waals surface area contributed by atoms with Gasteiger partial charge in [0.05, 0.1) is 5.92 Å². The van der Waals surface area contributed by atoms with E-state index in [0.717, 1.165) is 24.0 Å². The Morgan fingerprint density at radius 3 is 2.16 bits per heavy atom. The molecule has 3 rings (SSSR count). The molecular formula is C26H25F3O3. The van der Waals surface area contributed by atoms with Gasteiger partial charge in [-0.1, -0.05) is 66.7 Å². The van der Waals surface area contributed by atoms with Gasteiger partial charge in [-0.05, 0) is 66.5 Å². The van der Waals surface area contributed by atoms with Crippen molar-refractivity contribution in [2.45, 2.75) is 38.5 Å². The molecule has 0 fully saturated rings. The largest absolute Gasteiger partial charge is 0.573 e. The molecule has 0 aliphatic rings. The summed E-state index contributed by atoms with van der Waals surface area (Å²) in [5, 5.41) is 9.56. The summed E-state index contributed by atoms with van der Waals surface area (Å²) >= 11 is 0. The molecule has 0 saturated carbocycles. The summed E-state index contributed by atoms with van der Waals surface area (Å²) in [6.45, 7) is 0. The van der Waals surface area contributed by atoms with Crippen LogP contribution in [0.25, 0.3) is 11.1 Å². The Bertz CT molecular complexity index is 999. The molecule has 0 bridgehead atoms. The first-order valence-electron chi connectivity index (χ1n) is 10.5. The van der Waals surface area contributed by atoms with E-state index >= 15 is 0 Å². The average molecular weight is 442 g/mol. The number of aryl methyl sites for hydroxylation is 2. The SMILES string of the molecule is O=C(O)C(CCCc1ccccc1)CCc1ccc(-c2cccc(OC(F)(F)F)c2)cc1. The highest BCUT2D eigenvalue weighted by molar-refractivity contribution is 5.70. The molecule has 168 valence electrons. The third-order valence-electron chi connectivity index (χ3n) is 5.35. The predicted octanol–water partition coefficient (Wildman–Crippen LogP) is 6.91. The van der Waals surface area contributed by atoms with Gasteiger partial charge in [-0.15, -0.1) is 13.2 Å². The zero-order chi connectivity index (χ0) is 23.0. The number of rotatable bonds is 10. The molecule has 0 radical (unpaired) electrons. The molecule has 0 heterocycles. The number of carbonyl (C=O) groups is 1. The van der Waals surface area contributed by atoms with Crippen LogP contribution in [0.15, 0.2) is 78.9 Å². The van der Waals surface area contributed by atoms with E-state index in [1.165, 1.54) is 23.8 Å². The molecule has 0 aromatic heterocycles. The molecule has 0 aliphatic heterocycles. The van der Waals surface area contributed by atoms with Crippen LogP contribution in [-0.4, -0.2) is 17.4 Å². The highest BCUT2D eigenvalue weighted by Gasteiger charge is 2.31. The summed E-state index contributed by atoms with van der Waals surface area (Å²) in [6.07, 6.45) is -1.27. The summed E-state index contributed by atoms with van der Waals surface area (Å²) in [6, 6.07) is 23.3. The smallest absolute Gasteiger partial charge is 0.481 e. The molecule has 0 aliphatic carbocycles. The fraction of sp³-hybridized carbons (Fsp3) is 0.269. The zero-order valence-electron chi connectivity index (χ0n) is 17.5. The van der Waals surface area contributed by atoms with E-state index in [1.54, 1.807) is 6.07 Å². The number of carboxylic acids is 1. The van der Waals surface area contributed by atoms with Crippen molar-refractivity contribution in [3.63, 3.8) is 0 Å². The van der Waals surface area contributed by atoms with E-state index in [2.05, 4.69) is 4.74 Å². The number of carboxylic acid groups (broad SMARTS) is 1. The van der Waals surface area contributed by atoms with Gasteiger partial charge in [-0.3, -0.25) is 4.79 Å². The monoisotopic (exact) mass is 442 g/mol. The Hall–Kier alpha value is -3.28. The summed E-state index contributed by atoms with van der Waals surface area (Å²) in [5.41, 5.74) is 3.57. The number of alkyl halides is 3. The zero-order valence-corrected chi connectivity index (χ0v) is 17.5. The fourth-order valence-corrected chi connectivity index (χ4v) is 3.67. The third kappa shape index (κ3) is 7.45. The van der Waals surface area contributed by atoms with Crippen LogP contribution in [-0.2, 0) is 17.6 Å². The maximum Gasteiger partial charge on any atom is 0.573 e. The predicted molar refractivity (Wildman–Crippen MR) is 117 cm³/mol. The molecule has 0 spiro atoms. The Labute approximate surface area is 185 Å². The normalized spacial score (nSPS) is 12.3. The number of aliphatic carboxylic acids is 1. The lowest BCUT2D eigenvalue weighted by atomic mass is 9.93. The highest BCUT2D eigenvalue weighted by Crippen LogP contribution is 2.28. The van der Waals surface area contributed by atoms with Crippen molar-refractivity contribution >= 4 is 5.97 Å². The first-order chi connectivity index (χ1) is 15.3. The van der Waals surface area contributed by atoms with Crippen molar-refractivity contribution in [2.24, 2.45) is 5.92 Å². The molecule has 3 aromatic carbocycles. The van der Waals surface area contributed by atoms with Crippen LogP contribution in [0.3, 0.4) is 0 Å². The van der Waals surface area contributed by atoms with Crippen LogP contribution < -0.4 is 4.74 Å². The van der Waals surface area contributed by atoms with Gasteiger partial charge in [-0.2, -0.15) is 0 Å². The van der Waals surface area contributed by atoms with Crippen LogP contribution >= 0.6 is 0 Å². The Kier molecular flexibility index (Phi) is 7.92. The van der Waals surface area contributed by atoms with Crippen LogP contribution in [0, 0.1) is 5.92 Å². The number of ether oxygens (including phenoxy) is 1. The molecule has 1 unspecified atom stereocenters. The van der Waals surface area contributed by atoms with Crippen molar-refractivity contribution in [1.82, 2.24) is 0 Å². The topological polar surface area (TPSA) is 46.5 Å². The lowest BCUT2D eigenvalue weighted by molar-refractivity contribution is -0.274. The molecule has 3 aromatic rings. The van der Waals surface area contributed by atoms with Crippen molar-refractivity contribution in [1.29, 1.82) is 0 Å². The van der Waals surface area contributed by atoms with Crippen LogP contribution in [0.4, 0.5) is 13.2 Å². The van der Waals surface area contributed by atoms with Gasteiger partial charge in [-0.25, -0.2) is 0 Å².